The van der Waals surface area contributed by atoms with Crippen LogP contribution >= 0.6 is 10.6 Å². The van der Waals surface area contributed by atoms with Crippen molar-refractivity contribution in [2.75, 3.05) is 5.75 Å². The minimum atomic E-state index is -3.25. The molecule has 17 heavy (non-hydrogen) atoms. The second kappa shape index (κ2) is 4.37. The Labute approximate surface area is 99.9 Å². The van der Waals surface area contributed by atoms with Crippen LogP contribution in [0.25, 0.3) is 10.8 Å². The molecule has 0 atom stereocenters. The highest BCUT2D eigenvalue weighted by Crippen LogP contribution is 2.48. The lowest BCUT2D eigenvalue weighted by Gasteiger charge is -2.30. The van der Waals surface area contributed by atoms with E-state index >= 15 is 0 Å². The Kier molecular flexibility index (Phi) is 3.06. The summed E-state index contributed by atoms with van der Waals surface area (Å²) < 4.78 is 19.5. The largest absolute Gasteiger partial charge is 0.480 e. The third-order valence-electron chi connectivity index (χ3n) is 2.42. The molecule has 0 bridgehead atoms. The normalized spacial score (nSPS) is 12.6. The van der Waals surface area contributed by atoms with Crippen LogP contribution in [0.5, 0.6) is 0 Å². The Morgan fingerprint density at radius 3 is 2.35 bits per heavy atom. The average molecular weight is 252 g/mol. The van der Waals surface area contributed by atoms with Gasteiger partial charge in [-0.05, 0) is 22.9 Å². The van der Waals surface area contributed by atoms with Gasteiger partial charge in [-0.15, -0.1) is 0 Å². The number of fused-ring (bicyclic) bond motifs is 1. The highest BCUT2D eigenvalue weighted by Gasteiger charge is 2.19. The summed E-state index contributed by atoms with van der Waals surface area (Å²) in [5.41, 5.74) is 0. The zero-order chi connectivity index (χ0) is 12.5. The van der Waals surface area contributed by atoms with E-state index < -0.39 is 22.3 Å². The molecule has 0 aromatic heterocycles. The molecule has 4 nitrogen and oxygen atoms in total. The van der Waals surface area contributed by atoms with Crippen LogP contribution in [0.15, 0.2) is 47.4 Å². The molecule has 0 aliphatic carbocycles. The van der Waals surface area contributed by atoms with Crippen molar-refractivity contribution in [3.8, 4) is 0 Å². The molecule has 2 rings (SSSR count). The monoisotopic (exact) mass is 252 g/mol. The fourth-order valence-electron chi connectivity index (χ4n) is 1.63. The van der Waals surface area contributed by atoms with Gasteiger partial charge in [0.05, 0.1) is 4.90 Å². The summed E-state index contributed by atoms with van der Waals surface area (Å²) in [6.07, 6.45) is 0. The molecule has 0 aliphatic heterocycles. The summed E-state index contributed by atoms with van der Waals surface area (Å²) in [7, 11) is -3.25. The van der Waals surface area contributed by atoms with Crippen LogP contribution in [-0.2, 0) is 4.79 Å². The number of carbonyl (C=O) groups is 1. The molecule has 0 saturated carbocycles. The van der Waals surface area contributed by atoms with E-state index in [-0.39, 0.29) is 4.90 Å². The highest BCUT2D eigenvalue weighted by atomic mass is 32.3. The van der Waals surface area contributed by atoms with Crippen LogP contribution in [0.3, 0.4) is 0 Å². The summed E-state index contributed by atoms with van der Waals surface area (Å²) in [5, 5.41) is 10.5. The molecule has 0 unspecified atom stereocenters. The number of hydrogen-bond acceptors (Lipinski definition) is 3. The van der Waals surface area contributed by atoms with Gasteiger partial charge in [-0.25, -0.2) is 0 Å². The molecule has 2 aromatic carbocycles. The first-order chi connectivity index (χ1) is 7.99. The second-order valence-corrected chi connectivity index (χ2v) is 5.81. The van der Waals surface area contributed by atoms with Crippen molar-refractivity contribution in [3.05, 3.63) is 42.5 Å². The van der Waals surface area contributed by atoms with Crippen LogP contribution in [0, 0.1) is 0 Å². The Bertz CT molecular complexity index is 565. The predicted octanol–water partition coefficient (Wildman–Crippen LogP) is 3.03. The number of carboxylic acids is 1. The van der Waals surface area contributed by atoms with Gasteiger partial charge < -0.3 is 5.11 Å². The van der Waals surface area contributed by atoms with Crippen molar-refractivity contribution in [3.63, 3.8) is 0 Å². The SMILES string of the molecule is O=C(O)CS(O)(O)c1ccc2ccccc2c1. The number of hydrogen-bond donors (Lipinski definition) is 3. The van der Waals surface area contributed by atoms with Gasteiger partial charge >= 0.3 is 5.97 Å². The third-order valence-corrected chi connectivity index (χ3v) is 4.08. The van der Waals surface area contributed by atoms with Crippen molar-refractivity contribution >= 4 is 27.3 Å². The lowest BCUT2D eigenvalue weighted by molar-refractivity contribution is -0.134. The van der Waals surface area contributed by atoms with Gasteiger partial charge in [-0.3, -0.25) is 13.9 Å². The first-order valence-corrected chi connectivity index (χ1v) is 6.67. The maximum atomic E-state index is 10.6. The lowest BCUT2D eigenvalue weighted by Crippen LogP contribution is -2.12. The number of carboxylic acid groups (broad SMARTS) is 1. The molecule has 0 spiro atoms. The van der Waals surface area contributed by atoms with E-state index in [1.165, 1.54) is 0 Å². The van der Waals surface area contributed by atoms with Gasteiger partial charge in [0.15, 0.2) is 0 Å². The molecule has 0 radical (unpaired) electrons. The summed E-state index contributed by atoms with van der Waals surface area (Å²) in [5.74, 6) is -1.89. The van der Waals surface area contributed by atoms with E-state index in [4.69, 9.17) is 5.11 Å². The lowest BCUT2D eigenvalue weighted by atomic mass is 10.1. The van der Waals surface area contributed by atoms with Gasteiger partial charge in [0, 0.05) is 0 Å². The molecular formula is C12H12O4S. The van der Waals surface area contributed by atoms with E-state index in [9.17, 15) is 13.9 Å². The quantitative estimate of drug-likeness (QED) is 0.784. The van der Waals surface area contributed by atoms with Crippen LogP contribution in [0.2, 0.25) is 0 Å². The number of rotatable bonds is 3. The number of aliphatic carboxylic acids is 1. The average Bonchev–Trinajstić information content (AvgIpc) is 2.26. The smallest absolute Gasteiger partial charge is 0.323 e. The molecular weight excluding hydrogens is 240 g/mol. The molecule has 5 heteroatoms. The Morgan fingerprint density at radius 2 is 1.71 bits per heavy atom. The minimum Gasteiger partial charge on any atom is -0.480 e. The minimum absolute atomic E-state index is 0.263. The van der Waals surface area contributed by atoms with Crippen LogP contribution in [0.1, 0.15) is 0 Å². The first-order valence-electron chi connectivity index (χ1n) is 4.95. The standard InChI is InChI=1S/C12H12O4S/c13-12(14)8-17(15,16)11-6-5-9-3-1-2-4-10(9)7-11/h1-7,15-16H,8H2,(H,13,14). The zero-order valence-corrected chi connectivity index (χ0v) is 9.72. The van der Waals surface area contributed by atoms with Crippen molar-refractivity contribution in [2.24, 2.45) is 0 Å². The van der Waals surface area contributed by atoms with E-state index in [1.54, 1.807) is 18.2 Å². The maximum Gasteiger partial charge on any atom is 0.323 e. The van der Waals surface area contributed by atoms with Crippen molar-refractivity contribution < 1.29 is 19.0 Å². The van der Waals surface area contributed by atoms with E-state index in [0.717, 1.165) is 10.8 Å². The van der Waals surface area contributed by atoms with E-state index in [0.29, 0.717) is 0 Å². The van der Waals surface area contributed by atoms with Crippen molar-refractivity contribution in [1.82, 2.24) is 0 Å². The molecule has 0 heterocycles. The molecule has 2 aromatic rings. The second-order valence-electron chi connectivity index (χ2n) is 3.71. The van der Waals surface area contributed by atoms with Gasteiger partial charge in [-0.1, -0.05) is 30.3 Å². The van der Waals surface area contributed by atoms with Crippen LogP contribution < -0.4 is 0 Å². The van der Waals surface area contributed by atoms with Gasteiger partial charge in [0.1, 0.15) is 5.75 Å². The van der Waals surface area contributed by atoms with Crippen LogP contribution in [-0.4, -0.2) is 25.9 Å². The summed E-state index contributed by atoms with van der Waals surface area (Å²) in [6, 6.07) is 12.4. The van der Waals surface area contributed by atoms with E-state index in [1.807, 2.05) is 24.3 Å². The molecule has 0 aliphatic rings. The highest BCUT2D eigenvalue weighted by molar-refractivity contribution is 8.24. The summed E-state index contributed by atoms with van der Waals surface area (Å²) in [4.78, 5) is 10.8. The van der Waals surface area contributed by atoms with Gasteiger partial charge in [0.25, 0.3) is 0 Å². The van der Waals surface area contributed by atoms with Crippen molar-refractivity contribution in [2.45, 2.75) is 4.90 Å². The van der Waals surface area contributed by atoms with Crippen molar-refractivity contribution in [1.29, 1.82) is 0 Å². The molecule has 0 saturated heterocycles. The summed E-state index contributed by atoms with van der Waals surface area (Å²) >= 11 is 0. The molecule has 3 N–H and O–H groups in total. The third kappa shape index (κ3) is 2.58. The van der Waals surface area contributed by atoms with E-state index in [2.05, 4.69) is 0 Å². The van der Waals surface area contributed by atoms with Gasteiger partial charge in [0.2, 0.25) is 0 Å². The summed E-state index contributed by atoms with van der Waals surface area (Å²) in [6.45, 7) is 0. The predicted molar refractivity (Wildman–Crippen MR) is 67.6 cm³/mol. The molecule has 0 amide bonds. The van der Waals surface area contributed by atoms with Gasteiger partial charge in [-0.2, -0.15) is 10.6 Å². The number of benzene rings is 2. The van der Waals surface area contributed by atoms with Crippen LogP contribution in [0.4, 0.5) is 0 Å². The molecule has 0 fully saturated rings. The maximum absolute atomic E-state index is 10.6. The Hall–Kier alpha value is -1.56. The Balaban J connectivity index is 2.45. The zero-order valence-electron chi connectivity index (χ0n) is 8.91. The first kappa shape index (κ1) is 11.9. The Morgan fingerprint density at radius 1 is 1.06 bits per heavy atom. The fraction of sp³-hybridized carbons (Fsp3) is 0.0833. The topological polar surface area (TPSA) is 77.8 Å². The molecule has 90 valence electrons. The fourth-order valence-corrected chi connectivity index (χ4v) is 2.74.